The molecule has 4 nitrogen and oxygen atoms in total. The summed E-state index contributed by atoms with van der Waals surface area (Å²) in [5.41, 5.74) is 5.28. The normalized spacial score (nSPS) is 15.9. The molecule has 0 spiro atoms. The van der Waals surface area contributed by atoms with Crippen molar-refractivity contribution in [3.8, 4) is 0 Å². The summed E-state index contributed by atoms with van der Waals surface area (Å²) < 4.78 is 39.4. The number of benzene rings is 1. The number of hydrogen-bond acceptors (Lipinski definition) is 3. The van der Waals surface area contributed by atoms with E-state index in [2.05, 4.69) is 6.58 Å². The van der Waals surface area contributed by atoms with Crippen molar-refractivity contribution >= 4 is 15.7 Å². The van der Waals surface area contributed by atoms with Crippen molar-refractivity contribution in [2.75, 3.05) is 12.3 Å². The Labute approximate surface area is 106 Å². The van der Waals surface area contributed by atoms with Crippen molar-refractivity contribution in [3.63, 3.8) is 0 Å². The molecule has 1 saturated carbocycles. The van der Waals surface area contributed by atoms with Gasteiger partial charge < -0.3 is 5.73 Å². The Bertz CT molecular complexity index is 567. The van der Waals surface area contributed by atoms with Gasteiger partial charge in [-0.1, -0.05) is 6.08 Å². The van der Waals surface area contributed by atoms with Crippen LogP contribution in [0.15, 0.2) is 35.7 Å². The molecular weight excluding hydrogens is 255 g/mol. The van der Waals surface area contributed by atoms with E-state index in [0.29, 0.717) is 0 Å². The quantitative estimate of drug-likeness (QED) is 0.655. The zero-order valence-corrected chi connectivity index (χ0v) is 10.7. The molecule has 0 atom stereocenters. The molecule has 0 radical (unpaired) electrons. The van der Waals surface area contributed by atoms with Crippen LogP contribution < -0.4 is 5.73 Å². The predicted octanol–water partition coefficient (Wildman–Crippen LogP) is 1.75. The summed E-state index contributed by atoms with van der Waals surface area (Å²) in [6.07, 6.45) is 3.21. The summed E-state index contributed by atoms with van der Waals surface area (Å²) in [5.74, 6) is -0.717. The number of nitrogen functional groups attached to an aromatic ring is 1. The molecule has 0 unspecified atom stereocenters. The number of halogens is 1. The Hall–Kier alpha value is -1.40. The molecule has 2 rings (SSSR count). The SMILES string of the molecule is C=CCN(C1CC1)S(=O)(=O)c1ccc(N)c(F)c1. The fourth-order valence-electron chi connectivity index (χ4n) is 1.74. The highest BCUT2D eigenvalue weighted by atomic mass is 32.2. The molecule has 0 saturated heterocycles. The maximum atomic E-state index is 13.3. The fourth-order valence-corrected chi connectivity index (χ4v) is 3.41. The molecule has 98 valence electrons. The molecular formula is C12H15FN2O2S. The topological polar surface area (TPSA) is 63.4 Å². The summed E-state index contributed by atoms with van der Waals surface area (Å²) in [5, 5.41) is 0. The maximum absolute atomic E-state index is 13.3. The number of nitrogens with two attached hydrogens (primary N) is 1. The van der Waals surface area contributed by atoms with Crippen LogP contribution >= 0.6 is 0 Å². The third-order valence-corrected chi connectivity index (χ3v) is 4.76. The highest BCUT2D eigenvalue weighted by Crippen LogP contribution is 2.32. The van der Waals surface area contributed by atoms with E-state index in [1.807, 2.05) is 0 Å². The van der Waals surface area contributed by atoms with Crippen molar-refractivity contribution in [3.05, 3.63) is 36.7 Å². The molecule has 1 aromatic rings. The van der Waals surface area contributed by atoms with Crippen LogP contribution in [0.2, 0.25) is 0 Å². The minimum atomic E-state index is -3.67. The summed E-state index contributed by atoms with van der Waals surface area (Å²) in [6.45, 7) is 3.78. The minimum absolute atomic E-state index is 0.00798. The van der Waals surface area contributed by atoms with E-state index < -0.39 is 15.8 Å². The third-order valence-electron chi connectivity index (χ3n) is 2.84. The second-order valence-electron chi connectivity index (χ2n) is 4.28. The second kappa shape index (κ2) is 4.70. The van der Waals surface area contributed by atoms with Crippen LogP contribution in [0.1, 0.15) is 12.8 Å². The zero-order valence-electron chi connectivity index (χ0n) is 9.84. The van der Waals surface area contributed by atoms with Crippen molar-refractivity contribution in [2.24, 2.45) is 0 Å². The molecule has 0 amide bonds. The minimum Gasteiger partial charge on any atom is -0.396 e. The highest BCUT2D eigenvalue weighted by molar-refractivity contribution is 7.89. The van der Waals surface area contributed by atoms with E-state index >= 15 is 0 Å². The summed E-state index contributed by atoms with van der Waals surface area (Å²) in [7, 11) is -3.67. The van der Waals surface area contributed by atoms with E-state index in [9.17, 15) is 12.8 Å². The Morgan fingerprint density at radius 1 is 1.50 bits per heavy atom. The van der Waals surface area contributed by atoms with Crippen molar-refractivity contribution in [1.29, 1.82) is 0 Å². The van der Waals surface area contributed by atoms with Gasteiger partial charge in [-0.15, -0.1) is 6.58 Å². The van der Waals surface area contributed by atoms with Crippen molar-refractivity contribution in [2.45, 2.75) is 23.8 Å². The maximum Gasteiger partial charge on any atom is 0.243 e. The first kappa shape index (κ1) is 13.0. The lowest BCUT2D eigenvalue weighted by atomic mass is 10.3. The van der Waals surface area contributed by atoms with Crippen LogP contribution in [0.5, 0.6) is 0 Å². The molecule has 18 heavy (non-hydrogen) atoms. The van der Waals surface area contributed by atoms with Gasteiger partial charge in [0.2, 0.25) is 10.0 Å². The van der Waals surface area contributed by atoms with Gasteiger partial charge in [0.05, 0.1) is 10.6 Å². The molecule has 0 heterocycles. The largest absolute Gasteiger partial charge is 0.396 e. The molecule has 1 aliphatic rings. The first-order valence-corrected chi connectivity index (χ1v) is 7.08. The lowest BCUT2D eigenvalue weighted by Crippen LogP contribution is -2.33. The standard InChI is InChI=1S/C12H15FN2O2S/c1-2-7-15(9-3-4-9)18(16,17)10-5-6-12(14)11(13)8-10/h2,5-6,8-9H,1,3-4,7,14H2. The van der Waals surface area contributed by atoms with E-state index in [-0.39, 0.29) is 23.2 Å². The van der Waals surface area contributed by atoms with Crippen LogP contribution in [0.4, 0.5) is 10.1 Å². The molecule has 1 aliphatic carbocycles. The van der Waals surface area contributed by atoms with Crippen LogP contribution in [0.25, 0.3) is 0 Å². The number of rotatable bonds is 5. The van der Waals surface area contributed by atoms with Gasteiger partial charge >= 0.3 is 0 Å². The second-order valence-corrected chi connectivity index (χ2v) is 6.17. The smallest absolute Gasteiger partial charge is 0.243 e. The van der Waals surface area contributed by atoms with Gasteiger partial charge in [0.15, 0.2) is 0 Å². The summed E-state index contributed by atoms with van der Waals surface area (Å²) in [4.78, 5) is -0.0667. The summed E-state index contributed by atoms with van der Waals surface area (Å²) >= 11 is 0. The first-order valence-electron chi connectivity index (χ1n) is 5.64. The van der Waals surface area contributed by atoms with E-state index in [0.717, 1.165) is 18.9 Å². The van der Waals surface area contributed by atoms with Gasteiger partial charge in [-0.3, -0.25) is 0 Å². The van der Waals surface area contributed by atoms with Crippen LogP contribution in [-0.4, -0.2) is 25.3 Å². The van der Waals surface area contributed by atoms with Gasteiger partial charge in [0.25, 0.3) is 0 Å². The average molecular weight is 270 g/mol. The first-order chi connectivity index (χ1) is 8.46. The van der Waals surface area contributed by atoms with Gasteiger partial charge in [-0.05, 0) is 31.0 Å². The Balaban J connectivity index is 2.39. The van der Waals surface area contributed by atoms with Crippen LogP contribution in [0.3, 0.4) is 0 Å². The van der Waals surface area contributed by atoms with Crippen molar-refractivity contribution < 1.29 is 12.8 Å². The molecule has 1 fully saturated rings. The van der Waals surface area contributed by atoms with Crippen LogP contribution in [-0.2, 0) is 10.0 Å². The summed E-state index contributed by atoms with van der Waals surface area (Å²) in [6, 6.07) is 3.56. The van der Waals surface area contributed by atoms with Gasteiger partial charge in [-0.2, -0.15) is 4.31 Å². The lowest BCUT2D eigenvalue weighted by Gasteiger charge is -2.20. The van der Waals surface area contributed by atoms with Crippen molar-refractivity contribution in [1.82, 2.24) is 4.31 Å². The van der Waals surface area contributed by atoms with Gasteiger partial charge in [0.1, 0.15) is 5.82 Å². The number of hydrogen-bond donors (Lipinski definition) is 1. The number of sulfonamides is 1. The van der Waals surface area contributed by atoms with E-state index in [1.165, 1.54) is 22.5 Å². The predicted molar refractivity (Wildman–Crippen MR) is 67.9 cm³/mol. The zero-order chi connectivity index (χ0) is 13.3. The molecule has 0 aromatic heterocycles. The lowest BCUT2D eigenvalue weighted by molar-refractivity contribution is 0.435. The highest BCUT2D eigenvalue weighted by Gasteiger charge is 2.37. The monoisotopic (exact) mass is 270 g/mol. The Kier molecular flexibility index (Phi) is 3.41. The molecule has 0 aliphatic heterocycles. The average Bonchev–Trinajstić information content (AvgIpc) is 3.13. The Morgan fingerprint density at radius 3 is 2.67 bits per heavy atom. The Morgan fingerprint density at radius 2 is 2.17 bits per heavy atom. The van der Waals surface area contributed by atoms with E-state index in [4.69, 9.17) is 5.73 Å². The molecule has 0 bridgehead atoms. The molecule has 1 aromatic carbocycles. The van der Waals surface area contributed by atoms with E-state index in [1.54, 1.807) is 0 Å². The molecule has 6 heteroatoms. The fraction of sp³-hybridized carbons (Fsp3) is 0.333. The third kappa shape index (κ3) is 2.39. The van der Waals surface area contributed by atoms with Gasteiger partial charge in [-0.25, -0.2) is 12.8 Å². The number of nitrogens with zero attached hydrogens (tertiary/aromatic N) is 1. The number of anilines is 1. The van der Waals surface area contributed by atoms with Crippen LogP contribution in [0, 0.1) is 5.82 Å². The molecule has 2 N–H and O–H groups in total. The van der Waals surface area contributed by atoms with Gasteiger partial charge in [0, 0.05) is 12.6 Å².